The SMILES string of the molecule is Cc1ccc(CNC(=O)[C@@H]2CC[C@H](CN)O2)c(OC(C)CC(C)C)c1. The van der Waals surface area contributed by atoms with E-state index < -0.39 is 0 Å². The van der Waals surface area contributed by atoms with Gasteiger partial charge >= 0.3 is 0 Å². The lowest BCUT2D eigenvalue weighted by Crippen LogP contribution is -2.35. The van der Waals surface area contributed by atoms with Gasteiger partial charge in [0.15, 0.2) is 0 Å². The molecule has 0 saturated carbocycles. The third kappa shape index (κ3) is 6.01. The molecule has 0 spiro atoms. The lowest BCUT2D eigenvalue weighted by atomic mass is 10.1. The van der Waals surface area contributed by atoms with Gasteiger partial charge in [-0.25, -0.2) is 0 Å². The first-order valence-electron chi connectivity index (χ1n) is 9.28. The average Bonchev–Trinajstić information content (AvgIpc) is 3.02. The first-order chi connectivity index (χ1) is 11.9. The predicted octanol–water partition coefficient (Wildman–Crippen LogP) is 2.93. The van der Waals surface area contributed by atoms with Crippen LogP contribution in [-0.4, -0.2) is 30.8 Å². The number of carbonyl (C=O) groups is 1. The van der Waals surface area contributed by atoms with Crippen molar-refractivity contribution < 1.29 is 14.3 Å². The number of hydrogen-bond acceptors (Lipinski definition) is 4. The van der Waals surface area contributed by atoms with Gasteiger partial charge in [0.1, 0.15) is 11.9 Å². The summed E-state index contributed by atoms with van der Waals surface area (Å²) >= 11 is 0. The zero-order valence-corrected chi connectivity index (χ0v) is 15.9. The summed E-state index contributed by atoms with van der Waals surface area (Å²) in [6.45, 7) is 9.41. The number of ether oxygens (including phenoxy) is 2. The molecule has 3 atom stereocenters. The molecule has 5 heteroatoms. The molecular formula is C20H32N2O3. The summed E-state index contributed by atoms with van der Waals surface area (Å²) in [4.78, 5) is 12.3. The maximum absolute atomic E-state index is 12.3. The highest BCUT2D eigenvalue weighted by molar-refractivity contribution is 5.81. The fourth-order valence-corrected chi connectivity index (χ4v) is 3.21. The van der Waals surface area contributed by atoms with Crippen molar-refractivity contribution in [1.82, 2.24) is 5.32 Å². The summed E-state index contributed by atoms with van der Waals surface area (Å²) in [6, 6.07) is 6.10. The first-order valence-corrected chi connectivity index (χ1v) is 9.28. The van der Waals surface area contributed by atoms with Crippen molar-refractivity contribution in [3.63, 3.8) is 0 Å². The molecule has 1 aromatic carbocycles. The van der Waals surface area contributed by atoms with Gasteiger partial charge in [-0.3, -0.25) is 4.79 Å². The highest BCUT2D eigenvalue weighted by Crippen LogP contribution is 2.24. The van der Waals surface area contributed by atoms with E-state index in [0.29, 0.717) is 19.0 Å². The van der Waals surface area contributed by atoms with Crippen LogP contribution in [0.1, 0.15) is 51.2 Å². The van der Waals surface area contributed by atoms with Gasteiger partial charge in [-0.05, 0) is 50.7 Å². The highest BCUT2D eigenvalue weighted by atomic mass is 16.5. The minimum Gasteiger partial charge on any atom is -0.490 e. The first kappa shape index (κ1) is 19.7. The molecular weight excluding hydrogens is 316 g/mol. The standard InChI is InChI=1S/C20H32N2O3/c1-13(2)9-15(4)24-19-10-14(3)5-6-16(19)12-22-20(23)18-8-7-17(11-21)25-18/h5-6,10,13,15,17-18H,7-9,11-12,21H2,1-4H3,(H,22,23)/t15?,17-,18+/m1/s1. The Kier molecular flexibility index (Phi) is 7.26. The monoisotopic (exact) mass is 348 g/mol. The molecule has 0 aliphatic carbocycles. The van der Waals surface area contributed by atoms with E-state index in [1.807, 2.05) is 25.1 Å². The number of aryl methyl sites for hydroxylation is 1. The van der Waals surface area contributed by atoms with Crippen LogP contribution in [0.5, 0.6) is 5.75 Å². The molecule has 5 nitrogen and oxygen atoms in total. The Hall–Kier alpha value is -1.59. The second kappa shape index (κ2) is 9.20. The number of rotatable bonds is 8. The molecule has 1 fully saturated rings. The van der Waals surface area contributed by atoms with Crippen LogP contribution in [0.3, 0.4) is 0 Å². The second-order valence-corrected chi connectivity index (χ2v) is 7.45. The Morgan fingerprint density at radius 2 is 2.12 bits per heavy atom. The van der Waals surface area contributed by atoms with Crippen molar-refractivity contribution in [2.45, 2.75) is 71.8 Å². The van der Waals surface area contributed by atoms with Crippen LogP contribution >= 0.6 is 0 Å². The van der Waals surface area contributed by atoms with Gasteiger partial charge < -0.3 is 20.5 Å². The molecule has 140 valence electrons. The van der Waals surface area contributed by atoms with Crippen molar-refractivity contribution in [3.05, 3.63) is 29.3 Å². The van der Waals surface area contributed by atoms with E-state index in [2.05, 4.69) is 26.1 Å². The molecule has 25 heavy (non-hydrogen) atoms. The number of amides is 1. The third-order valence-corrected chi connectivity index (χ3v) is 4.47. The Morgan fingerprint density at radius 3 is 2.76 bits per heavy atom. The van der Waals surface area contributed by atoms with Crippen molar-refractivity contribution >= 4 is 5.91 Å². The minimum absolute atomic E-state index is 0.00547. The average molecular weight is 348 g/mol. The summed E-state index contributed by atoms with van der Waals surface area (Å²) in [5.74, 6) is 1.36. The van der Waals surface area contributed by atoms with E-state index >= 15 is 0 Å². The third-order valence-electron chi connectivity index (χ3n) is 4.47. The highest BCUT2D eigenvalue weighted by Gasteiger charge is 2.29. The van der Waals surface area contributed by atoms with Gasteiger partial charge in [0, 0.05) is 18.7 Å². The molecule has 1 aromatic rings. The maximum atomic E-state index is 12.3. The zero-order valence-electron chi connectivity index (χ0n) is 15.9. The molecule has 1 heterocycles. The Labute approximate surface area is 151 Å². The van der Waals surface area contributed by atoms with Gasteiger partial charge in [-0.1, -0.05) is 26.0 Å². The number of carbonyl (C=O) groups excluding carboxylic acids is 1. The fourth-order valence-electron chi connectivity index (χ4n) is 3.21. The molecule has 1 unspecified atom stereocenters. The number of nitrogens with one attached hydrogen (secondary N) is 1. The van der Waals surface area contributed by atoms with E-state index in [9.17, 15) is 4.79 Å². The summed E-state index contributed by atoms with van der Waals surface area (Å²) in [5.41, 5.74) is 7.74. The number of hydrogen-bond donors (Lipinski definition) is 2. The molecule has 0 bridgehead atoms. The second-order valence-electron chi connectivity index (χ2n) is 7.45. The molecule has 3 N–H and O–H groups in total. The summed E-state index contributed by atoms with van der Waals surface area (Å²) in [6.07, 6.45) is 2.33. The van der Waals surface area contributed by atoms with Crippen LogP contribution in [0.15, 0.2) is 18.2 Å². The van der Waals surface area contributed by atoms with Crippen LogP contribution in [0.2, 0.25) is 0 Å². The van der Waals surface area contributed by atoms with Crippen LogP contribution in [0.25, 0.3) is 0 Å². The van der Waals surface area contributed by atoms with Gasteiger partial charge in [0.25, 0.3) is 0 Å². The van der Waals surface area contributed by atoms with Crippen molar-refractivity contribution in [1.29, 1.82) is 0 Å². The Bertz CT molecular complexity index is 574. The smallest absolute Gasteiger partial charge is 0.249 e. The number of nitrogens with two attached hydrogens (primary N) is 1. The van der Waals surface area contributed by atoms with Crippen LogP contribution < -0.4 is 15.8 Å². The lowest BCUT2D eigenvalue weighted by Gasteiger charge is -2.20. The van der Waals surface area contributed by atoms with E-state index in [1.54, 1.807) is 0 Å². The number of benzene rings is 1. The lowest BCUT2D eigenvalue weighted by molar-refractivity contribution is -0.132. The van der Waals surface area contributed by atoms with Gasteiger partial charge in [-0.15, -0.1) is 0 Å². The van der Waals surface area contributed by atoms with Crippen LogP contribution in [0.4, 0.5) is 0 Å². The quantitative estimate of drug-likeness (QED) is 0.757. The molecule has 1 saturated heterocycles. The summed E-state index contributed by atoms with van der Waals surface area (Å²) < 4.78 is 11.8. The van der Waals surface area contributed by atoms with Gasteiger partial charge in [-0.2, -0.15) is 0 Å². The Balaban J connectivity index is 1.95. The van der Waals surface area contributed by atoms with E-state index in [-0.39, 0.29) is 24.2 Å². The summed E-state index contributed by atoms with van der Waals surface area (Å²) in [7, 11) is 0. The van der Waals surface area contributed by atoms with E-state index in [4.69, 9.17) is 15.2 Å². The van der Waals surface area contributed by atoms with E-state index in [0.717, 1.165) is 36.1 Å². The molecule has 1 aliphatic heterocycles. The van der Waals surface area contributed by atoms with Crippen molar-refractivity contribution in [2.24, 2.45) is 11.7 Å². The van der Waals surface area contributed by atoms with Gasteiger partial charge in [0.05, 0.1) is 12.2 Å². The summed E-state index contributed by atoms with van der Waals surface area (Å²) in [5, 5.41) is 2.97. The Morgan fingerprint density at radius 1 is 1.36 bits per heavy atom. The van der Waals surface area contributed by atoms with Crippen molar-refractivity contribution in [2.75, 3.05) is 6.54 Å². The van der Waals surface area contributed by atoms with Crippen molar-refractivity contribution in [3.8, 4) is 5.75 Å². The van der Waals surface area contributed by atoms with E-state index in [1.165, 1.54) is 0 Å². The normalized spacial score (nSPS) is 21.4. The van der Waals surface area contributed by atoms with Crippen LogP contribution in [-0.2, 0) is 16.1 Å². The molecule has 2 rings (SSSR count). The maximum Gasteiger partial charge on any atom is 0.249 e. The largest absolute Gasteiger partial charge is 0.490 e. The predicted molar refractivity (Wildman–Crippen MR) is 99.5 cm³/mol. The molecule has 0 aromatic heterocycles. The molecule has 0 radical (unpaired) electrons. The minimum atomic E-state index is -0.386. The topological polar surface area (TPSA) is 73.6 Å². The van der Waals surface area contributed by atoms with Gasteiger partial charge in [0.2, 0.25) is 5.91 Å². The molecule has 1 aliphatic rings. The fraction of sp³-hybridized carbons (Fsp3) is 0.650. The van der Waals surface area contributed by atoms with Crippen LogP contribution in [0, 0.1) is 12.8 Å². The molecule has 1 amide bonds. The zero-order chi connectivity index (χ0) is 18.4.